The normalized spacial score (nSPS) is 25.2. The molecule has 0 aromatic rings. The predicted molar refractivity (Wildman–Crippen MR) is 57.3 cm³/mol. The molecule has 1 unspecified atom stereocenters. The fraction of sp³-hybridized carbons (Fsp3) is 0.727. The van der Waals surface area contributed by atoms with Crippen molar-refractivity contribution in [3.63, 3.8) is 0 Å². The number of ketones is 1. The van der Waals surface area contributed by atoms with Crippen LogP contribution >= 0.6 is 0 Å². The van der Waals surface area contributed by atoms with Crippen LogP contribution in [0.1, 0.15) is 20.3 Å². The van der Waals surface area contributed by atoms with E-state index >= 15 is 0 Å². The lowest BCUT2D eigenvalue weighted by Gasteiger charge is -2.12. The first-order valence-corrected chi connectivity index (χ1v) is 5.59. The van der Waals surface area contributed by atoms with Gasteiger partial charge in [-0.25, -0.2) is 4.79 Å². The van der Waals surface area contributed by atoms with Gasteiger partial charge in [0.2, 0.25) is 5.78 Å². The lowest BCUT2D eigenvalue weighted by molar-refractivity contribution is -0.163. The summed E-state index contributed by atoms with van der Waals surface area (Å²) in [6.07, 6.45) is -4.54. The maximum atomic E-state index is 11.6. The van der Waals surface area contributed by atoms with E-state index in [1.54, 1.807) is 13.8 Å². The Morgan fingerprint density at radius 3 is 2.56 bits per heavy atom. The number of ether oxygens (including phenoxy) is 2. The lowest BCUT2D eigenvalue weighted by atomic mass is 10.1. The molecule has 1 fully saturated rings. The lowest BCUT2D eigenvalue weighted by Crippen LogP contribution is -2.38. The molecule has 1 heterocycles. The van der Waals surface area contributed by atoms with E-state index < -0.39 is 42.6 Å². The molecule has 0 aromatic carbocycles. The van der Waals surface area contributed by atoms with Crippen molar-refractivity contribution in [3.05, 3.63) is 0 Å². The highest BCUT2D eigenvalue weighted by molar-refractivity contribution is 6.10. The minimum absolute atomic E-state index is 0.0313. The van der Waals surface area contributed by atoms with Gasteiger partial charge in [0.1, 0.15) is 6.10 Å². The molecule has 1 aliphatic heterocycles. The van der Waals surface area contributed by atoms with Crippen LogP contribution < -0.4 is 0 Å². The van der Waals surface area contributed by atoms with Crippen molar-refractivity contribution in [2.75, 3.05) is 6.61 Å². The minimum Gasteiger partial charge on any atom is -0.448 e. The SMILES string of the molecule is CC(C)CC(=O)OC1C(=O)O[C@H]([C@@H](O)CO)C1=O. The Kier molecular flexibility index (Phi) is 4.80. The zero-order valence-electron chi connectivity index (χ0n) is 10.2. The summed E-state index contributed by atoms with van der Waals surface area (Å²) in [5, 5.41) is 17.9. The molecule has 7 heteroatoms. The molecule has 0 spiro atoms. The third-order valence-electron chi connectivity index (χ3n) is 2.36. The van der Waals surface area contributed by atoms with E-state index in [2.05, 4.69) is 4.74 Å². The van der Waals surface area contributed by atoms with Crippen LogP contribution in [0.25, 0.3) is 0 Å². The Hall–Kier alpha value is -1.47. The summed E-state index contributed by atoms with van der Waals surface area (Å²) in [6, 6.07) is 0. The van der Waals surface area contributed by atoms with Crippen molar-refractivity contribution in [1.82, 2.24) is 0 Å². The van der Waals surface area contributed by atoms with Crippen LogP contribution in [-0.2, 0) is 23.9 Å². The standard InChI is InChI=1S/C11H16O7/c1-5(2)3-7(14)17-10-8(15)9(6(13)4-12)18-11(10)16/h5-6,9-10,12-13H,3-4H2,1-2H3/t6-,9+,10?/m0/s1. The second kappa shape index (κ2) is 5.92. The highest BCUT2D eigenvalue weighted by Gasteiger charge is 2.49. The molecule has 0 amide bonds. The molecular weight excluding hydrogens is 244 g/mol. The maximum Gasteiger partial charge on any atom is 0.356 e. The van der Waals surface area contributed by atoms with Crippen LogP contribution in [0.3, 0.4) is 0 Å². The molecule has 7 nitrogen and oxygen atoms in total. The Morgan fingerprint density at radius 1 is 1.44 bits per heavy atom. The van der Waals surface area contributed by atoms with Gasteiger partial charge < -0.3 is 19.7 Å². The number of Topliss-reactive ketones (excluding diaryl/α,β-unsaturated/α-hetero) is 1. The second-order valence-electron chi connectivity index (χ2n) is 4.48. The van der Waals surface area contributed by atoms with Crippen LogP contribution in [0.2, 0.25) is 0 Å². The predicted octanol–water partition coefficient (Wildman–Crippen LogP) is -1.21. The molecule has 102 valence electrons. The highest BCUT2D eigenvalue weighted by Crippen LogP contribution is 2.18. The van der Waals surface area contributed by atoms with Crippen molar-refractivity contribution < 1.29 is 34.1 Å². The summed E-state index contributed by atoms with van der Waals surface area (Å²) in [6.45, 7) is 2.85. The first kappa shape index (κ1) is 14.6. The number of carbonyl (C=O) groups is 3. The van der Waals surface area contributed by atoms with Gasteiger partial charge in [-0.1, -0.05) is 13.8 Å². The third-order valence-corrected chi connectivity index (χ3v) is 2.36. The van der Waals surface area contributed by atoms with Crippen LogP contribution in [0.15, 0.2) is 0 Å². The number of carbonyl (C=O) groups excluding carboxylic acids is 3. The summed E-state index contributed by atoms with van der Waals surface area (Å²) in [5.41, 5.74) is 0. The molecule has 1 rings (SSSR count). The molecule has 0 aromatic heterocycles. The molecule has 3 atom stereocenters. The molecule has 0 radical (unpaired) electrons. The number of aliphatic hydroxyl groups is 2. The van der Waals surface area contributed by atoms with Gasteiger partial charge in [0, 0.05) is 6.42 Å². The Balaban J connectivity index is 2.65. The van der Waals surface area contributed by atoms with E-state index in [4.69, 9.17) is 9.84 Å². The van der Waals surface area contributed by atoms with Gasteiger partial charge in [-0.15, -0.1) is 0 Å². The number of hydrogen-bond acceptors (Lipinski definition) is 7. The zero-order valence-corrected chi connectivity index (χ0v) is 10.2. The van der Waals surface area contributed by atoms with Crippen molar-refractivity contribution in [2.45, 2.75) is 38.6 Å². The Labute approximate surface area is 104 Å². The number of rotatable bonds is 5. The summed E-state index contributed by atoms with van der Waals surface area (Å²) in [7, 11) is 0. The molecule has 1 aliphatic rings. The molecule has 0 aliphatic carbocycles. The molecule has 2 N–H and O–H groups in total. The molecule has 1 saturated heterocycles. The fourth-order valence-corrected chi connectivity index (χ4v) is 1.49. The average molecular weight is 260 g/mol. The van der Waals surface area contributed by atoms with E-state index in [9.17, 15) is 19.5 Å². The summed E-state index contributed by atoms with van der Waals surface area (Å²) in [5.74, 6) is -2.52. The Morgan fingerprint density at radius 2 is 2.06 bits per heavy atom. The monoisotopic (exact) mass is 260 g/mol. The largest absolute Gasteiger partial charge is 0.448 e. The highest BCUT2D eigenvalue weighted by atomic mass is 16.6. The fourth-order valence-electron chi connectivity index (χ4n) is 1.49. The van der Waals surface area contributed by atoms with Gasteiger partial charge in [0.25, 0.3) is 6.10 Å². The maximum absolute atomic E-state index is 11.6. The van der Waals surface area contributed by atoms with Gasteiger partial charge in [0.15, 0.2) is 6.10 Å². The summed E-state index contributed by atoms with van der Waals surface area (Å²) < 4.78 is 9.28. The Bertz CT molecular complexity index is 349. The van der Waals surface area contributed by atoms with E-state index in [1.807, 2.05) is 0 Å². The van der Waals surface area contributed by atoms with Crippen LogP contribution in [0, 0.1) is 5.92 Å². The van der Waals surface area contributed by atoms with Gasteiger partial charge in [-0.2, -0.15) is 0 Å². The molecule has 0 saturated carbocycles. The number of hydrogen-bond donors (Lipinski definition) is 2. The van der Waals surface area contributed by atoms with Crippen LogP contribution in [-0.4, -0.2) is 52.9 Å². The van der Waals surface area contributed by atoms with Gasteiger partial charge in [-0.3, -0.25) is 9.59 Å². The molecule has 0 bridgehead atoms. The first-order valence-electron chi connectivity index (χ1n) is 5.59. The van der Waals surface area contributed by atoms with Crippen LogP contribution in [0.4, 0.5) is 0 Å². The first-order chi connectivity index (χ1) is 8.36. The number of esters is 2. The van der Waals surface area contributed by atoms with Gasteiger partial charge in [0.05, 0.1) is 6.61 Å². The zero-order chi connectivity index (χ0) is 13.9. The van der Waals surface area contributed by atoms with Crippen molar-refractivity contribution >= 4 is 17.7 Å². The van der Waals surface area contributed by atoms with Crippen molar-refractivity contribution in [2.24, 2.45) is 5.92 Å². The molecule has 18 heavy (non-hydrogen) atoms. The number of cyclic esters (lactones) is 1. The quantitative estimate of drug-likeness (QED) is 0.471. The van der Waals surface area contributed by atoms with Gasteiger partial charge in [-0.05, 0) is 5.92 Å². The smallest absolute Gasteiger partial charge is 0.356 e. The minimum atomic E-state index is -1.64. The van der Waals surface area contributed by atoms with E-state index in [0.29, 0.717) is 0 Å². The summed E-state index contributed by atoms with van der Waals surface area (Å²) in [4.78, 5) is 34.3. The van der Waals surface area contributed by atoms with E-state index in [1.165, 1.54) is 0 Å². The van der Waals surface area contributed by atoms with E-state index in [0.717, 1.165) is 0 Å². The van der Waals surface area contributed by atoms with Crippen molar-refractivity contribution in [1.29, 1.82) is 0 Å². The van der Waals surface area contributed by atoms with E-state index in [-0.39, 0.29) is 12.3 Å². The average Bonchev–Trinajstić information content (AvgIpc) is 2.55. The van der Waals surface area contributed by atoms with Crippen LogP contribution in [0.5, 0.6) is 0 Å². The summed E-state index contributed by atoms with van der Waals surface area (Å²) >= 11 is 0. The topological polar surface area (TPSA) is 110 Å². The van der Waals surface area contributed by atoms with Gasteiger partial charge >= 0.3 is 11.9 Å². The molecular formula is C11H16O7. The second-order valence-corrected chi connectivity index (χ2v) is 4.48. The number of aliphatic hydroxyl groups excluding tert-OH is 2. The van der Waals surface area contributed by atoms with Crippen molar-refractivity contribution in [3.8, 4) is 0 Å². The third kappa shape index (κ3) is 3.27.